The van der Waals surface area contributed by atoms with Gasteiger partial charge in [0.1, 0.15) is 55.4 Å². The molecule has 15 nitrogen and oxygen atoms in total. The Labute approximate surface area is 333 Å². The Morgan fingerprint density at radius 2 is 1.07 bits per heavy atom. The zero-order valence-corrected chi connectivity index (χ0v) is 33.6. The largest absolute Gasteiger partial charge is 0.462 e. The van der Waals surface area contributed by atoms with Crippen molar-refractivity contribution in [2.75, 3.05) is 26.4 Å². The van der Waals surface area contributed by atoms with Crippen LogP contribution in [0, 0.1) is 0 Å². The van der Waals surface area contributed by atoms with E-state index in [0.717, 1.165) is 64.2 Å². The topological polar surface area (TPSA) is 231 Å². The maximum Gasteiger partial charge on any atom is 0.306 e. The molecule has 0 spiro atoms. The van der Waals surface area contributed by atoms with E-state index < -0.39 is 92.7 Å². The van der Waals surface area contributed by atoms with E-state index in [1.165, 1.54) is 25.7 Å². The Morgan fingerprint density at radius 3 is 1.68 bits per heavy atom. The third kappa shape index (κ3) is 19.6. The number of hydrogen-bond acceptors (Lipinski definition) is 15. The summed E-state index contributed by atoms with van der Waals surface area (Å²) in [7, 11) is 0. The number of carbonyl (C=O) groups excluding carboxylic acids is 2. The smallest absolute Gasteiger partial charge is 0.306 e. The number of aliphatic hydroxyl groups is 7. The predicted molar refractivity (Wildman–Crippen MR) is 206 cm³/mol. The van der Waals surface area contributed by atoms with E-state index in [1.54, 1.807) is 0 Å². The van der Waals surface area contributed by atoms with Crippen molar-refractivity contribution in [2.45, 2.75) is 197 Å². The molecule has 0 saturated carbocycles. The zero-order chi connectivity index (χ0) is 41.1. The van der Waals surface area contributed by atoms with Crippen LogP contribution in [0.5, 0.6) is 0 Å². The molecule has 2 aliphatic heterocycles. The fourth-order valence-electron chi connectivity index (χ4n) is 6.36. The first kappa shape index (κ1) is 50.1. The molecule has 326 valence electrons. The Bertz CT molecular complexity index is 1090. The van der Waals surface area contributed by atoms with Crippen molar-refractivity contribution in [2.24, 2.45) is 0 Å². The second kappa shape index (κ2) is 30.1. The van der Waals surface area contributed by atoms with E-state index >= 15 is 0 Å². The summed E-state index contributed by atoms with van der Waals surface area (Å²) in [6.45, 7) is 2.38. The Kier molecular flexibility index (Phi) is 26.9. The molecule has 2 saturated heterocycles. The van der Waals surface area contributed by atoms with Crippen LogP contribution in [0.1, 0.15) is 129 Å². The monoisotopic (exact) mass is 804 g/mol. The highest BCUT2D eigenvalue weighted by Crippen LogP contribution is 2.26. The van der Waals surface area contributed by atoms with Crippen LogP contribution in [0.3, 0.4) is 0 Å². The summed E-state index contributed by atoms with van der Waals surface area (Å²) in [5.41, 5.74) is 0. The number of carbonyl (C=O) groups is 2. The molecule has 0 aliphatic carbocycles. The molecule has 11 atom stereocenters. The van der Waals surface area contributed by atoms with E-state index in [-0.39, 0.29) is 26.1 Å². The molecule has 2 rings (SSSR count). The molecule has 0 amide bonds. The lowest BCUT2D eigenvalue weighted by Crippen LogP contribution is -2.61. The summed E-state index contributed by atoms with van der Waals surface area (Å²) in [6, 6.07) is 0. The standard InChI is InChI=1S/C41H72O15/c1-3-5-7-9-10-11-12-13-14-15-16-17-18-19-20-22-24-33(44)54-29(26-51-32(43)23-21-8-6-4-2)27-52-40-39(50)37(48)35(46)31(56-40)28-53-41-38(49)36(47)34(45)30(25-42)55-41/h11-12,14-15,29-31,34-42,45-50H,3-10,13,16-28H2,1-2H3/b12-11-,15-14-. The summed E-state index contributed by atoms with van der Waals surface area (Å²) >= 11 is 0. The highest BCUT2D eigenvalue weighted by atomic mass is 16.7. The summed E-state index contributed by atoms with van der Waals surface area (Å²) in [4.78, 5) is 25.2. The van der Waals surface area contributed by atoms with E-state index in [9.17, 15) is 45.3 Å². The fourth-order valence-corrected chi connectivity index (χ4v) is 6.36. The quantitative estimate of drug-likeness (QED) is 0.0314. The van der Waals surface area contributed by atoms with E-state index in [0.29, 0.717) is 12.8 Å². The Balaban J connectivity index is 1.83. The zero-order valence-electron chi connectivity index (χ0n) is 33.6. The molecule has 0 aromatic carbocycles. The Morgan fingerprint density at radius 1 is 0.571 bits per heavy atom. The van der Waals surface area contributed by atoms with Gasteiger partial charge in [0.2, 0.25) is 0 Å². The summed E-state index contributed by atoms with van der Waals surface area (Å²) < 4.78 is 33.1. The van der Waals surface area contributed by atoms with Crippen LogP contribution < -0.4 is 0 Å². The highest BCUT2D eigenvalue weighted by molar-refractivity contribution is 5.70. The first-order valence-corrected chi connectivity index (χ1v) is 20.9. The van der Waals surface area contributed by atoms with Gasteiger partial charge in [0.25, 0.3) is 0 Å². The maximum atomic E-state index is 12.8. The maximum absolute atomic E-state index is 12.8. The van der Waals surface area contributed by atoms with Crippen LogP contribution in [-0.2, 0) is 38.0 Å². The molecule has 11 unspecified atom stereocenters. The minimum Gasteiger partial charge on any atom is -0.462 e. The average Bonchev–Trinajstić information content (AvgIpc) is 3.19. The van der Waals surface area contributed by atoms with E-state index in [2.05, 4.69) is 38.2 Å². The molecule has 0 aromatic heterocycles. The molecule has 0 bridgehead atoms. The van der Waals surface area contributed by atoms with E-state index in [1.807, 2.05) is 0 Å². The lowest BCUT2D eigenvalue weighted by atomic mass is 9.98. The lowest BCUT2D eigenvalue weighted by Gasteiger charge is -2.42. The number of ether oxygens (including phenoxy) is 6. The third-order valence-corrected chi connectivity index (χ3v) is 9.93. The molecular weight excluding hydrogens is 732 g/mol. The lowest BCUT2D eigenvalue weighted by molar-refractivity contribution is -0.332. The molecule has 7 N–H and O–H groups in total. The van der Waals surface area contributed by atoms with Crippen molar-refractivity contribution in [1.29, 1.82) is 0 Å². The summed E-state index contributed by atoms with van der Waals surface area (Å²) in [5.74, 6) is -0.963. The Hall–Kier alpha value is -2.02. The number of esters is 2. The SMILES string of the molecule is CCCCCC/C=C\C/C=C\CCCCCCCC(=O)OC(COC(=O)CCCCCC)COC1OC(COC2OC(CO)C(O)C(O)C2O)C(O)C(O)C1O. The second-order valence-electron chi connectivity index (χ2n) is 14.8. The van der Waals surface area contributed by atoms with Crippen LogP contribution in [0.15, 0.2) is 24.3 Å². The predicted octanol–water partition coefficient (Wildman–Crippen LogP) is 3.26. The number of rotatable bonds is 30. The number of aliphatic hydroxyl groups excluding tert-OH is 7. The van der Waals surface area contributed by atoms with E-state index in [4.69, 9.17) is 28.4 Å². The molecule has 56 heavy (non-hydrogen) atoms. The summed E-state index contributed by atoms with van der Waals surface area (Å²) in [5, 5.41) is 71.5. The van der Waals surface area contributed by atoms with Crippen molar-refractivity contribution < 1.29 is 73.8 Å². The minimum absolute atomic E-state index is 0.150. The first-order chi connectivity index (χ1) is 27.0. The van der Waals surface area contributed by atoms with Crippen molar-refractivity contribution in [3.63, 3.8) is 0 Å². The minimum atomic E-state index is -1.76. The van der Waals surface area contributed by atoms with Gasteiger partial charge in [-0.15, -0.1) is 0 Å². The number of allylic oxidation sites excluding steroid dienone is 4. The van der Waals surface area contributed by atoms with Gasteiger partial charge in [-0.2, -0.15) is 0 Å². The second-order valence-corrected chi connectivity index (χ2v) is 14.8. The van der Waals surface area contributed by atoms with Gasteiger partial charge in [-0.1, -0.05) is 95.9 Å². The molecule has 2 fully saturated rings. The molecular formula is C41H72O15. The third-order valence-electron chi connectivity index (χ3n) is 9.93. The van der Waals surface area contributed by atoms with Crippen molar-refractivity contribution >= 4 is 11.9 Å². The average molecular weight is 805 g/mol. The summed E-state index contributed by atoms with van der Waals surface area (Å²) in [6.07, 6.45) is 8.76. The number of hydrogen-bond donors (Lipinski definition) is 7. The van der Waals surface area contributed by atoms with Crippen LogP contribution in [-0.4, -0.2) is 142 Å². The van der Waals surface area contributed by atoms with Gasteiger partial charge in [-0.25, -0.2) is 0 Å². The fraction of sp³-hybridized carbons (Fsp3) is 0.854. The van der Waals surface area contributed by atoms with Crippen molar-refractivity contribution in [3.8, 4) is 0 Å². The van der Waals surface area contributed by atoms with Gasteiger partial charge in [0.05, 0.1) is 19.8 Å². The van der Waals surface area contributed by atoms with Crippen molar-refractivity contribution in [1.82, 2.24) is 0 Å². The van der Waals surface area contributed by atoms with Gasteiger partial charge in [0, 0.05) is 12.8 Å². The molecule has 15 heteroatoms. The van der Waals surface area contributed by atoms with Gasteiger partial charge in [-0.3, -0.25) is 9.59 Å². The molecule has 2 heterocycles. The van der Waals surface area contributed by atoms with Crippen LogP contribution in [0.2, 0.25) is 0 Å². The van der Waals surface area contributed by atoms with Crippen LogP contribution in [0.25, 0.3) is 0 Å². The normalized spacial score (nSPS) is 28.9. The highest BCUT2D eigenvalue weighted by Gasteiger charge is 2.47. The van der Waals surface area contributed by atoms with Crippen LogP contribution in [0.4, 0.5) is 0 Å². The van der Waals surface area contributed by atoms with Crippen molar-refractivity contribution in [3.05, 3.63) is 24.3 Å². The van der Waals surface area contributed by atoms with Crippen LogP contribution >= 0.6 is 0 Å². The first-order valence-electron chi connectivity index (χ1n) is 20.9. The molecule has 0 radical (unpaired) electrons. The van der Waals surface area contributed by atoms with Gasteiger partial charge in [0.15, 0.2) is 18.7 Å². The van der Waals surface area contributed by atoms with Gasteiger partial charge in [-0.05, 0) is 44.9 Å². The van der Waals surface area contributed by atoms with Gasteiger partial charge >= 0.3 is 11.9 Å². The van der Waals surface area contributed by atoms with Gasteiger partial charge < -0.3 is 64.2 Å². The molecule has 0 aromatic rings. The molecule has 2 aliphatic rings. The number of unbranched alkanes of at least 4 members (excludes halogenated alkanes) is 12.